The number of fused-ring (bicyclic) bond motifs is 2. The van der Waals surface area contributed by atoms with Gasteiger partial charge in [0.1, 0.15) is 16.9 Å². The van der Waals surface area contributed by atoms with Crippen LogP contribution in [-0.4, -0.2) is 36.7 Å². The molecule has 8 heteroatoms. The average molecular weight is 445 g/mol. The Morgan fingerprint density at radius 3 is 2.84 bits per heavy atom. The number of nitrogens with one attached hydrogen (secondary N) is 2. The molecular formula is C24H21ClN6O. The van der Waals surface area contributed by atoms with Gasteiger partial charge in [0.2, 0.25) is 0 Å². The molecule has 0 fully saturated rings. The van der Waals surface area contributed by atoms with Crippen molar-refractivity contribution in [3.8, 4) is 11.4 Å². The third kappa shape index (κ3) is 3.71. The number of halogens is 1. The van der Waals surface area contributed by atoms with Crippen molar-refractivity contribution in [3.05, 3.63) is 77.1 Å². The van der Waals surface area contributed by atoms with E-state index in [1.165, 1.54) is 5.56 Å². The zero-order valence-electron chi connectivity index (χ0n) is 17.6. The van der Waals surface area contributed by atoms with Crippen molar-refractivity contribution in [3.63, 3.8) is 0 Å². The van der Waals surface area contributed by atoms with Crippen molar-refractivity contribution in [2.24, 2.45) is 7.05 Å². The Kier molecular flexibility index (Phi) is 5.11. The number of hydrogen-bond acceptors (Lipinski definition) is 4. The lowest BCUT2D eigenvalue weighted by atomic mass is 10.1. The van der Waals surface area contributed by atoms with Gasteiger partial charge in [0.05, 0.1) is 17.3 Å². The summed E-state index contributed by atoms with van der Waals surface area (Å²) in [6, 6.07) is 15.7. The Morgan fingerprint density at radius 2 is 2.03 bits per heavy atom. The number of carbonyl (C=O) groups is 1. The van der Waals surface area contributed by atoms with E-state index in [-0.39, 0.29) is 11.9 Å². The molecule has 3 heterocycles. The van der Waals surface area contributed by atoms with Crippen LogP contribution in [0.1, 0.15) is 22.8 Å². The van der Waals surface area contributed by atoms with Gasteiger partial charge in [0.25, 0.3) is 5.91 Å². The minimum absolute atomic E-state index is 0.0320. The molecule has 0 bridgehead atoms. The third-order valence-corrected chi connectivity index (χ3v) is 5.68. The molecule has 0 aliphatic heterocycles. The number of rotatable bonds is 5. The standard InChI is InChI=1S/C24H21ClN6O/c1-14(10-15-6-4-3-5-7-15)28-24(32)18-12-26-23-22(18)29-19(13-27-23)21-17-9-8-16(25)11-20(17)31(2)30-21/h3-9,11-14H,10H2,1-2H3,(H,26,27)(H,28,32). The number of carbonyl (C=O) groups excluding carboxylic acids is 1. The van der Waals surface area contributed by atoms with Gasteiger partial charge in [-0.15, -0.1) is 0 Å². The Labute approximate surface area is 189 Å². The molecule has 0 saturated heterocycles. The Hall–Kier alpha value is -3.71. The predicted octanol–water partition coefficient (Wildman–Crippen LogP) is 4.53. The van der Waals surface area contributed by atoms with Crippen molar-refractivity contribution in [2.45, 2.75) is 19.4 Å². The van der Waals surface area contributed by atoms with E-state index in [2.05, 4.69) is 32.5 Å². The third-order valence-electron chi connectivity index (χ3n) is 5.44. The Bertz CT molecular complexity index is 1440. The molecular weight excluding hydrogens is 424 g/mol. The van der Waals surface area contributed by atoms with Gasteiger partial charge in [-0.2, -0.15) is 5.10 Å². The fourth-order valence-electron chi connectivity index (χ4n) is 3.92. The lowest BCUT2D eigenvalue weighted by Gasteiger charge is -2.13. The quantitative estimate of drug-likeness (QED) is 0.417. The minimum atomic E-state index is -0.191. The summed E-state index contributed by atoms with van der Waals surface area (Å²) in [4.78, 5) is 25.2. The molecule has 0 aliphatic carbocycles. The van der Waals surface area contributed by atoms with Crippen molar-refractivity contribution in [1.29, 1.82) is 0 Å². The summed E-state index contributed by atoms with van der Waals surface area (Å²) in [5, 5.41) is 9.23. The normalized spacial score (nSPS) is 12.3. The Morgan fingerprint density at radius 1 is 1.22 bits per heavy atom. The first kappa shape index (κ1) is 20.2. The van der Waals surface area contributed by atoms with Gasteiger partial charge in [0.15, 0.2) is 5.65 Å². The molecule has 5 rings (SSSR count). The molecule has 7 nitrogen and oxygen atoms in total. The molecule has 0 spiro atoms. The van der Waals surface area contributed by atoms with Gasteiger partial charge >= 0.3 is 0 Å². The first-order valence-electron chi connectivity index (χ1n) is 10.3. The molecule has 3 aromatic heterocycles. The van der Waals surface area contributed by atoms with Crippen molar-refractivity contribution in [2.75, 3.05) is 0 Å². The highest BCUT2D eigenvalue weighted by atomic mass is 35.5. The summed E-state index contributed by atoms with van der Waals surface area (Å²) < 4.78 is 1.76. The van der Waals surface area contributed by atoms with Gasteiger partial charge in [0, 0.05) is 29.7 Å². The fraction of sp³-hybridized carbons (Fsp3) is 0.167. The molecule has 0 saturated carbocycles. The summed E-state index contributed by atoms with van der Waals surface area (Å²) in [5.74, 6) is -0.191. The van der Waals surface area contributed by atoms with E-state index >= 15 is 0 Å². The second-order valence-corrected chi connectivity index (χ2v) is 8.29. The number of benzene rings is 2. The molecule has 1 amide bonds. The lowest BCUT2D eigenvalue weighted by Crippen LogP contribution is -2.34. The van der Waals surface area contributed by atoms with Gasteiger partial charge in [-0.3, -0.25) is 9.48 Å². The van der Waals surface area contributed by atoms with Crippen LogP contribution in [0.15, 0.2) is 60.9 Å². The number of amides is 1. The fourth-order valence-corrected chi connectivity index (χ4v) is 4.08. The molecule has 32 heavy (non-hydrogen) atoms. The van der Waals surface area contributed by atoms with E-state index in [9.17, 15) is 4.79 Å². The SMILES string of the molecule is CC(Cc1ccccc1)NC(=O)c1c[nH]c2ncc(-c3nn(C)c4cc(Cl)ccc34)nc12. The van der Waals surface area contributed by atoms with Crippen LogP contribution in [-0.2, 0) is 13.5 Å². The van der Waals surface area contributed by atoms with Gasteiger partial charge in [-0.05, 0) is 37.1 Å². The highest BCUT2D eigenvalue weighted by Crippen LogP contribution is 2.29. The van der Waals surface area contributed by atoms with E-state index < -0.39 is 0 Å². The van der Waals surface area contributed by atoms with Crippen LogP contribution in [0.4, 0.5) is 0 Å². The monoisotopic (exact) mass is 444 g/mol. The predicted molar refractivity (Wildman–Crippen MR) is 126 cm³/mol. The molecule has 160 valence electrons. The smallest absolute Gasteiger partial charge is 0.255 e. The number of nitrogens with zero attached hydrogens (tertiary/aromatic N) is 4. The van der Waals surface area contributed by atoms with Crippen molar-refractivity contribution in [1.82, 2.24) is 30.0 Å². The van der Waals surface area contributed by atoms with E-state index in [1.54, 1.807) is 17.1 Å². The summed E-state index contributed by atoms with van der Waals surface area (Å²) in [6.45, 7) is 1.99. The maximum atomic E-state index is 13.0. The summed E-state index contributed by atoms with van der Waals surface area (Å²) in [6.07, 6.45) is 4.05. The van der Waals surface area contributed by atoms with Crippen LogP contribution >= 0.6 is 11.6 Å². The molecule has 0 aliphatic rings. The zero-order chi connectivity index (χ0) is 22.2. The molecule has 5 aromatic rings. The largest absolute Gasteiger partial charge is 0.349 e. The van der Waals surface area contributed by atoms with Crippen LogP contribution < -0.4 is 5.32 Å². The van der Waals surface area contributed by atoms with Gasteiger partial charge in [-0.1, -0.05) is 41.9 Å². The number of hydrogen-bond donors (Lipinski definition) is 2. The highest BCUT2D eigenvalue weighted by molar-refractivity contribution is 6.31. The molecule has 1 atom stereocenters. The Balaban J connectivity index is 1.46. The first-order valence-corrected chi connectivity index (χ1v) is 10.7. The van der Waals surface area contributed by atoms with Crippen LogP contribution in [0.3, 0.4) is 0 Å². The van der Waals surface area contributed by atoms with E-state index in [4.69, 9.17) is 16.6 Å². The van der Waals surface area contributed by atoms with E-state index in [0.717, 1.165) is 17.3 Å². The summed E-state index contributed by atoms with van der Waals surface area (Å²) >= 11 is 6.14. The van der Waals surface area contributed by atoms with Crippen LogP contribution in [0, 0.1) is 0 Å². The molecule has 2 aromatic carbocycles. The van der Waals surface area contributed by atoms with Crippen molar-refractivity contribution >= 4 is 39.6 Å². The van der Waals surface area contributed by atoms with Crippen LogP contribution in [0.25, 0.3) is 33.5 Å². The van der Waals surface area contributed by atoms with Gasteiger partial charge < -0.3 is 10.3 Å². The highest BCUT2D eigenvalue weighted by Gasteiger charge is 2.19. The second-order valence-electron chi connectivity index (χ2n) is 7.85. The number of aromatic nitrogens is 5. The second kappa shape index (κ2) is 8.09. The maximum Gasteiger partial charge on any atom is 0.255 e. The average Bonchev–Trinajstić information content (AvgIpc) is 3.35. The minimum Gasteiger partial charge on any atom is -0.349 e. The number of aryl methyl sites for hydroxylation is 1. The molecule has 1 unspecified atom stereocenters. The van der Waals surface area contributed by atoms with E-state index in [1.807, 2.05) is 50.4 Å². The maximum absolute atomic E-state index is 13.0. The van der Waals surface area contributed by atoms with E-state index in [0.29, 0.717) is 33.1 Å². The number of H-pyrrole nitrogens is 1. The first-order chi connectivity index (χ1) is 15.5. The lowest BCUT2D eigenvalue weighted by molar-refractivity contribution is 0.0941. The molecule has 0 radical (unpaired) electrons. The summed E-state index contributed by atoms with van der Waals surface area (Å²) in [7, 11) is 1.86. The van der Waals surface area contributed by atoms with Crippen molar-refractivity contribution < 1.29 is 4.79 Å². The number of aromatic amines is 1. The van der Waals surface area contributed by atoms with Crippen LogP contribution in [0.5, 0.6) is 0 Å². The molecule has 2 N–H and O–H groups in total. The van der Waals surface area contributed by atoms with Gasteiger partial charge in [-0.25, -0.2) is 9.97 Å². The zero-order valence-corrected chi connectivity index (χ0v) is 18.4. The topological polar surface area (TPSA) is 88.5 Å². The summed E-state index contributed by atoms with van der Waals surface area (Å²) in [5.41, 5.74) is 4.88. The van der Waals surface area contributed by atoms with Crippen LogP contribution in [0.2, 0.25) is 5.02 Å².